The number of hydrogen-bond donors (Lipinski definition) is 1. The smallest absolute Gasteiger partial charge is 0.138 e. The van der Waals surface area contributed by atoms with Crippen LogP contribution in [0.15, 0.2) is 34.9 Å². The van der Waals surface area contributed by atoms with Gasteiger partial charge in [0.1, 0.15) is 11.5 Å². The molecule has 2 rings (SSSR count). The Morgan fingerprint density at radius 1 is 1.27 bits per heavy atom. The number of nitrogens with two attached hydrogens (primary N) is 1. The molecule has 0 saturated carbocycles. The number of aromatic nitrogens is 1. The second-order valence-corrected chi connectivity index (χ2v) is 3.14. The van der Waals surface area contributed by atoms with Crippen molar-refractivity contribution in [1.82, 2.24) is 5.16 Å². The molecule has 0 saturated heterocycles. The third-order valence-corrected chi connectivity index (χ3v) is 2.24. The second-order valence-electron chi connectivity index (χ2n) is 3.14. The summed E-state index contributed by atoms with van der Waals surface area (Å²) in [6, 6.07) is 9.91. The van der Waals surface area contributed by atoms with E-state index >= 15 is 0 Å². The Balaban J connectivity index is 0.00000112. The summed E-state index contributed by atoms with van der Waals surface area (Å²) in [5.41, 5.74) is 8.51. The first-order chi connectivity index (χ1) is 6.83. The Morgan fingerprint density at radius 3 is 2.53 bits per heavy atom. The lowest BCUT2D eigenvalue weighted by atomic mass is 10.1. The fraction of sp³-hybridized carbons (Fsp3) is 0.182. The predicted octanol–water partition coefficient (Wildman–Crippen LogP) is 1.28. The molecule has 0 amide bonds. The summed E-state index contributed by atoms with van der Waals surface area (Å²) >= 11 is 0. The SMILES string of the molecule is Cc1onc(-c2ccccc2)c1CN.O. The van der Waals surface area contributed by atoms with Gasteiger partial charge in [0, 0.05) is 17.7 Å². The highest BCUT2D eigenvalue weighted by molar-refractivity contribution is 5.63. The van der Waals surface area contributed by atoms with E-state index in [0.717, 1.165) is 22.6 Å². The zero-order chi connectivity index (χ0) is 9.97. The zero-order valence-electron chi connectivity index (χ0n) is 8.53. The molecule has 0 unspecified atom stereocenters. The van der Waals surface area contributed by atoms with E-state index in [9.17, 15) is 0 Å². The number of rotatable bonds is 2. The standard InChI is InChI=1S/C11H12N2O.H2O/c1-8-10(7-12)11(13-14-8)9-5-3-2-4-6-9;/h2-6H,7,12H2,1H3;1H2. The zero-order valence-corrected chi connectivity index (χ0v) is 8.53. The van der Waals surface area contributed by atoms with Gasteiger partial charge in [-0.05, 0) is 6.92 Å². The average molecular weight is 206 g/mol. The molecule has 4 N–H and O–H groups in total. The van der Waals surface area contributed by atoms with Crippen LogP contribution in [0, 0.1) is 6.92 Å². The molecule has 0 fully saturated rings. The van der Waals surface area contributed by atoms with Crippen molar-refractivity contribution in [3.05, 3.63) is 41.7 Å². The van der Waals surface area contributed by atoms with Gasteiger partial charge in [0.2, 0.25) is 0 Å². The molecule has 0 radical (unpaired) electrons. The fourth-order valence-corrected chi connectivity index (χ4v) is 1.45. The molecule has 1 aromatic carbocycles. The maximum absolute atomic E-state index is 5.63. The van der Waals surface area contributed by atoms with E-state index in [1.807, 2.05) is 37.3 Å². The first kappa shape index (κ1) is 11.4. The minimum absolute atomic E-state index is 0. The maximum Gasteiger partial charge on any atom is 0.138 e. The summed E-state index contributed by atoms with van der Waals surface area (Å²) in [7, 11) is 0. The largest absolute Gasteiger partial charge is 0.412 e. The molecule has 0 aliphatic rings. The molecular formula is C11H14N2O2. The van der Waals surface area contributed by atoms with E-state index in [2.05, 4.69) is 5.16 Å². The lowest BCUT2D eigenvalue weighted by molar-refractivity contribution is 0.398. The van der Waals surface area contributed by atoms with E-state index in [4.69, 9.17) is 10.3 Å². The number of benzene rings is 1. The molecule has 1 aromatic heterocycles. The first-order valence-corrected chi connectivity index (χ1v) is 4.53. The third kappa shape index (κ3) is 2.06. The van der Waals surface area contributed by atoms with Crippen molar-refractivity contribution in [2.75, 3.05) is 0 Å². The van der Waals surface area contributed by atoms with Crippen molar-refractivity contribution in [2.24, 2.45) is 5.73 Å². The molecular weight excluding hydrogens is 192 g/mol. The van der Waals surface area contributed by atoms with Crippen LogP contribution < -0.4 is 5.73 Å². The van der Waals surface area contributed by atoms with Gasteiger partial charge in [0.25, 0.3) is 0 Å². The molecule has 15 heavy (non-hydrogen) atoms. The summed E-state index contributed by atoms with van der Waals surface area (Å²) in [5.74, 6) is 0.798. The van der Waals surface area contributed by atoms with Crippen molar-refractivity contribution in [3.63, 3.8) is 0 Å². The van der Waals surface area contributed by atoms with Gasteiger partial charge in [0.05, 0.1) is 0 Å². The van der Waals surface area contributed by atoms with Crippen LogP contribution >= 0.6 is 0 Å². The van der Waals surface area contributed by atoms with Crippen molar-refractivity contribution in [3.8, 4) is 11.3 Å². The van der Waals surface area contributed by atoms with Gasteiger partial charge in [-0.3, -0.25) is 0 Å². The highest BCUT2D eigenvalue weighted by Crippen LogP contribution is 2.24. The monoisotopic (exact) mass is 206 g/mol. The first-order valence-electron chi connectivity index (χ1n) is 4.53. The lowest BCUT2D eigenvalue weighted by Crippen LogP contribution is -1.98. The topological polar surface area (TPSA) is 83.5 Å². The van der Waals surface area contributed by atoms with Crippen molar-refractivity contribution in [2.45, 2.75) is 13.5 Å². The lowest BCUT2D eigenvalue weighted by Gasteiger charge is -1.98. The van der Waals surface area contributed by atoms with Gasteiger partial charge in [-0.15, -0.1) is 0 Å². The van der Waals surface area contributed by atoms with Gasteiger partial charge in [-0.1, -0.05) is 35.5 Å². The molecule has 0 aliphatic heterocycles. The summed E-state index contributed by atoms with van der Waals surface area (Å²) in [6.45, 7) is 2.33. The van der Waals surface area contributed by atoms with Crippen LogP contribution in [0.4, 0.5) is 0 Å². The highest BCUT2D eigenvalue weighted by Gasteiger charge is 2.11. The molecule has 0 atom stereocenters. The molecule has 1 heterocycles. The van der Waals surface area contributed by atoms with Crippen LogP contribution in [0.1, 0.15) is 11.3 Å². The third-order valence-electron chi connectivity index (χ3n) is 2.24. The minimum atomic E-state index is 0. The van der Waals surface area contributed by atoms with Crippen molar-refractivity contribution in [1.29, 1.82) is 0 Å². The van der Waals surface area contributed by atoms with Crippen LogP contribution in [0.2, 0.25) is 0 Å². The highest BCUT2D eigenvalue weighted by atomic mass is 16.5. The molecule has 0 spiro atoms. The Morgan fingerprint density at radius 2 is 1.93 bits per heavy atom. The maximum atomic E-state index is 5.63. The second kappa shape index (κ2) is 4.72. The number of nitrogens with zero attached hydrogens (tertiary/aromatic N) is 1. The van der Waals surface area contributed by atoms with Gasteiger partial charge < -0.3 is 15.7 Å². The Bertz CT molecular complexity index is 423. The molecule has 4 heteroatoms. The van der Waals surface area contributed by atoms with Crippen LogP contribution in [0.3, 0.4) is 0 Å². The van der Waals surface area contributed by atoms with E-state index in [-0.39, 0.29) is 5.48 Å². The molecule has 4 nitrogen and oxygen atoms in total. The number of hydrogen-bond acceptors (Lipinski definition) is 3. The van der Waals surface area contributed by atoms with E-state index < -0.39 is 0 Å². The van der Waals surface area contributed by atoms with Crippen LogP contribution in [-0.4, -0.2) is 10.6 Å². The predicted molar refractivity (Wildman–Crippen MR) is 58.2 cm³/mol. The average Bonchev–Trinajstić information content (AvgIpc) is 2.61. The van der Waals surface area contributed by atoms with E-state index in [1.165, 1.54) is 0 Å². The van der Waals surface area contributed by atoms with Gasteiger partial charge in [0.15, 0.2) is 0 Å². The Labute approximate surface area is 88.0 Å². The van der Waals surface area contributed by atoms with Crippen molar-refractivity contribution >= 4 is 0 Å². The van der Waals surface area contributed by atoms with Gasteiger partial charge in [-0.25, -0.2) is 0 Å². The van der Waals surface area contributed by atoms with Crippen LogP contribution in [-0.2, 0) is 6.54 Å². The van der Waals surface area contributed by atoms with Gasteiger partial charge in [-0.2, -0.15) is 0 Å². The Kier molecular flexibility index (Phi) is 3.60. The van der Waals surface area contributed by atoms with Crippen LogP contribution in [0.5, 0.6) is 0 Å². The molecule has 0 aliphatic carbocycles. The molecule has 0 bridgehead atoms. The normalized spacial score (nSPS) is 9.73. The summed E-state index contributed by atoms with van der Waals surface area (Å²) in [5, 5.41) is 4.00. The van der Waals surface area contributed by atoms with E-state index in [0.29, 0.717) is 6.54 Å². The number of aryl methyl sites for hydroxylation is 1. The van der Waals surface area contributed by atoms with Crippen molar-refractivity contribution < 1.29 is 10.00 Å². The van der Waals surface area contributed by atoms with E-state index in [1.54, 1.807) is 0 Å². The van der Waals surface area contributed by atoms with Crippen LogP contribution in [0.25, 0.3) is 11.3 Å². The summed E-state index contributed by atoms with van der Waals surface area (Å²) < 4.78 is 5.11. The Hall–Kier alpha value is -1.65. The fourth-order valence-electron chi connectivity index (χ4n) is 1.45. The quantitative estimate of drug-likeness (QED) is 0.803. The van der Waals surface area contributed by atoms with Gasteiger partial charge >= 0.3 is 0 Å². The summed E-state index contributed by atoms with van der Waals surface area (Å²) in [4.78, 5) is 0. The minimum Gasteiger partial charge on any atom is -0.412 e. The molecule has 80 valence electrons. The summed E-state index contributed by atoms with van der Waals surface area (Å²) in [6.07, 6.45) is 0. The molecule has 2 aromatic rings.